The molecule has 0 saturated heterocycles. The highest BCUT2D eigenvalue weighted by Gasteiger charge is 2.06. The fourth-order valence-electron chi connectivity index (χ4n) is 1.26. The molecular weight excluding hydrogens is 250 g/mol. The van der Waals surface area contributed by atoms with Crippen molar-refractivity contribution in [3.63, 3.8) is 0 Å². The molecule has 0 spiro atoms. The summed E-state index contributed by atoms with van der Waals surface area (Å²) in [5.41, 5.74) is 1.62. The van der Waals surface area contributed by atoms with Gasteiger partial charge in [0.05, 0.1) is 4.92 Å². The third-order valence-electron chi connectivity index (χ3n) is 2.19. The van der Waals surface area contributed by atoms with E-state index in [1.807, 2.05) is 6.92 Å². The van der Waals surface area contributed by atoms with Gasteiger partial charge in [0.25, 0.3) is 5.69 Å². The molecule has 0 amide bonds. The smallest absolute Gasteiger partial charge is 0.270 e. The molecule has 94 valence electrons. The zero-order valence-electron chi connectivity index (χ0n) is 10.2. The Kier molecular flexibility index (Phi) is 5.40. The van der Waals surface area contributed by atoms with Crippen LogP contribution < -0.4 is 0 Å². The van der Waals surface area contributed by atoms with E-state index in [-0.39, 0.29) is 10.8 Å². The second-order valence-corrected chi connectivity index (χ2v) is 4.92. The summed E-state index contributed by atoms with van der Waals surface area (Å²) in [6.07, 6.45) is 0.590. The van der Waals surface area contributed by atoms with Gasteiger partial charge in [-0.05, 0) is 12.5 Å². The maximum absolute atomic E-state index is 10.7. The lowest BCUT2D eigenvalue weighted by Crippen LogP contribution is -1.90. The van der Waals surface area contributed by atoms with E-state index in [9.17, 15) is 14.9 Å². The van der Waals surface area contributed by atoms with Crippen LogP contribution in [-0.4, -0.2) is 15.8 Å². The van der Waals surface area contributed by atoms with Crippen LogP contribution in [0.1, 0.15) is 24.5 Å². The minimum Gasteiger partial charge on any atom is -0.288 e. The molecule has 0 aliphatic carbocycles. The Morgan fingerprint density at radius 1 is 1.50 bits per heavy atom. The fraction of sp³-hybridized carbons (Fsp3) is 0.308. The van der Waals surface area contributed by atoms with Crippen molar-refractivity contribution < 1.29 is 9.72 Å². The summed E-state index contributed by atoms with van der Waals surface area (Å²) in [4.78, 5) is 20.9. The normalized spacial score (nSPS) is 9.44. The summed E-state index contributed by atoms with van der Waals surface area (Å²) >= 11 is 1.23. The molecule has 1 aromatic rings. The number of carbonyl (C=O) groups excluding carboxylic acids is 1. The zero-order chi connectivity index (χ0) is 13.5. The number of thioether (sulfide) groups is 1. The number of hydrogen-bond acceptors (Lipinski definition) is 4. The molecule has 0 atom stereocenters. The van der Waals surface area contributed by atoms with Crippen molar-refractivity contribution in [3.8, 4) is 11.8 Å². The Morgan fingerprint density at radius 3 is 2.83 bits per heavy atom. The van der Waals surface area contributed by atoms with Crippen LogP contribution in [0.25, 0.3) is 0 Å². The third-order valence-corrected chi connectivity index (χ3v) is 3.00. The molecule has 0 aliphatic heterocycles. The molecule has 0 aliphatic rings. The molecule has 0 saturated carbocycles. The van der Waals surface area contributed by atoms with E-state index in [0.717, 1.165) is 5.56 Å². The van der Waals surface area contributed by atoms with Crippen molar-refractivity contribution in [1.82, 2.24) is 0 Å². The Hall–Kier alpha value is -1.80. The van der Waals surface area contributed by atoms with E-state index in [2.05, 4.69) is 11.8 Å². The van der Waals surface area contributed by atoms with Gasteiger partial charge in [0, 0.05) is 36.8 Å². The second-order valence-electron chi connectivity index (χ2n) is 3.65. The van der Waals surface area contributed by atoms with Gasteiger partial charge >= 0.3 is 0 Å². The maximum Gasteiger partial charge on any atom is 0.270 e. The van der Waals surface area contributed by atoms with Gasteiger partial charge in [-0.25, -0.2) is 0 Å². The molecule has 0 radical (unpaired) electrons. The monoisotopic (exact) mass is 263 g/mol. The fourth-order valence-corrected chi connectivity index (χ4v) is 1.75. The van der Waals surface area contributed by atoms with E-state index in [1.54, 1.807) is 6.07 Å². The Morgan fingerprint density at radius 2 is 2.22 bits per heavy atom. The van der Waals surface area contributed by atoms with Gasteiger partial charge in [-0.3, -0.25) is 14.9 Å². The number of nitro groups is 1. The van der Waals surface area contributed by atoms with E-state index in [0.29, 0.717) is 17.7 Å². The Balaban J connectivity index is 2.71. The number of benzene rings is 1. The summed E-state index contributed by atoms with van der Waals surface area (Å²) in [7, 11) is 0. The van der Waals surface area contributed by atoms with Crippen molar-refractivity contribution in [2.45, 2.75) is 20.3 Å². The lowest BCUT2D eigenvalue weighted by atomic mass is 10.1. The predicted octanol–water partition coefficient (Wildman–Crippen LogP) is 2.92. The van der Waals surface area contributed by atoms with Crippen LogP contribution in [0.4, 0.5) is 5.69 Å². The summed E-state index contributed by atoms with van der Waals surface area (Å²) in [5, 5.41) is 10.7. The average molecular weight is 263 g/mol. The van der Waals surface area contributed by atoms with Crippen molar-refractivity contribution in [2.24, 2.45) is 0 Å². The van der Waals surface area contributed by atoms with Crippen LogP contribution >= 0.6 is 11.8 Å². The number of carbonyl (C=O) groups is 1. The van der Waals surface area contributed by atoms with Crippen molar-refractivity contribution >= 4 is 22.6 Å². The molecule has 0 fully saturated rings. The Labute approximate surface area is 110 Å². The van der Waals surface area contributed by atoms with Gasteiger partial charge in [-0.2, -0.15) is 0 Å². The largest absolute Gasteiger partial charge is 0.288 e. The first-order chi connectivity index (χ1) is 8.50. The number of aryl methyl sites for hydroxylation is 1. The number of rotatable bonds is 3. The van der Waals surface area contributed by atoms with E-state index in [1.165, 1.54) is 30.8 Å². The maximum atomic E-state index is 10.7. The van der Waals surface area contributed by atoms with E-state index >= 15 is 0 Å². The standard InChI is InChI=1S/C13H13NO3S/c1-10-6-7-13(14(16)17)9-12(10)5-3-4-8-18-11(2)15/h6-7,9H,4,8H2,1-2H3. The van der Waals surface area contributed by atoms with Gasteiger partial charge in [0.1, 0.15) is 0 Å². The molecule has 5 heteroatoms. The third kappa shape index (κ3) is 4.60. The first-order valence-corrected chi connectivity index (χ1v) is 6.36. The molecule has 1 rings (SSSR count). The van der Waals surface area contributed by atoms with Crippen LogP contribution in [0.3, 0.4) is 0 Å². The molecule has 0 bridgehead atoms. The first kappa shape index (κ1) is 14.3. The average Bonchev–Trinajstić information content (AvgIpc) is 2.30. The van der Waals surface area contributed by atoms with Gasteiger partial charge in [0.15, 0.2) is 5.12 Å². The highest BCUT2D eigenvalue weighted by molar-refractivity contribution is 8.13. The zero-order valence-corrected chi connectivity index (χ0v) is 11.0. The van der Waals surface area contributed by atoms with Crippen molar-refractivity contribution in [2.75, 3.05) is 5.75 Å². The van der Waals surface area contributed by atoms with E-state index < -0.39 is 4.92 Å². The summed E-state index contributed by atoms with van der Waals surface area (Å²) in [6.45, 7) is 3.38. The van der Waals surface area contributed by atoms with Crippen LogP contribution in [0.15, 0.2) is 18.2 Å². The van der Waals surface area contributed by atoms with Crippen LogP contribution in [0.5, 0.6) is 0 Å². The SMILES string of the molecule is CC(=O)SCCC#Cc1cc([N+](=O)[O-])ccc1C. The lowest BCUT2D eigenvalue weighted by Gasteiger charge is -1.97. The molecule has 4 nitrogen and oxygen atoms in total. The minimum absolute atomic E-state index is 0.0445. The second kappa shape index (κ2) is 6.82. The molecule has 1 aromatic carbocycles. The number of hydrogen-bond donors (Lipinski definition) is 0. The summed E-state index contributed by atoms with van der Waals surface area (Å²) < 4.78 is 0. The van der Waals surface area contributed by atoms with Crippen LogP contribution in [0.2, 0.25) is 0 Å². The summed E-state index contributed by atoms with van der Waals surface area (Å²) in [6, 6.07) is 4.62. The molecular formula is C13H13NO3S. The number of nitro benzene ring substituents is 1. The minimum atomic E-state index is -0.434. The van der Waals surface area contributed by atoms with Gasteiger partial charge in [-0.15, -0.1) is 0 Å². The quantitative estimate of drug-likeness (QED) is 0.364. The van der Waals surface area contributed by atoms with Crippen LogP contribution in [0, 0.1) is 28.9 Å². The predicted molar refractivity (Wildman–Crippen MR) is 72.5 cm³/mol. The van der Waals surface area contributed by atoms with Gasteiger partial charge in [-0.1, -0.05) is 29.7 Å². The Bertz CT molecular complexity index is 529. The molecule has 0 aromatic heterocycles. The van der Waals surface area contributed by atoms with Gasteiger partial charge < -0.3 is 0 Å². The van der Waals surface area contributed by atoms with Crippen molar-refractivity contribution in [3.05, 3.63) is 39.4 Å². The number of non-ortho nitro benzene ring substituents is 1. The van der Waals surface area contributed by atoms with Crippen molar-refractivity contribution in [1.29, 1.82) is 0 Å². The highest BCUT2D eigenvalue weighted by Crippen LogP contribution is 2.16. The molecule has 0 unspecified atom stereocenters. The van der Waals surface area contributed by atoms with Gasteiger partial charge in [0.2, 0.25) is 0 Å². The molecule has 0 heterocycles. The molecule has 18 heavy (non-hydrogen) atoms. The lowest BCUT2D eigenvalue weighted by molar-refractivity contribution is -0.384. The molecule has 0 N–H and O–H groups in total. The number of nitrogens with zero attached hydrogens (tertiary/aromatic N) is 1. The van der Waals surface area contributed by atoms with Crippen LogP contribution in [-0.2, 0) is 4.79 Å². The topological polar surface area (TPSA) is 60.2 Å². The summed E-state index contributed by atoms with van der Waals surface area (Å²) in [5.74, 6) is 6.47. The first-order valence-electron chi connectivity index (χ1n) is 5.38. The highest BCUT2D eigenvalue weighted by atomic mass is 32.2. The van der Waals surface area contributed by atoms with E-state index in [4.69, 9.17) is 0 Å².